The van der Waals surface area contributed by atoms with Crippen LogP contribution in [0.5, 0.6) is 0 Å². The van der Waals surface area contributed by atoms with E-state index in [0.717, 1.165) is 5.56 Å². The third-order valence-corrected chi connectivity index (χ3v) is 6.92. The quantitative estimate of drug-likeness (QED) is 0.300. The topological polar surface area (TPSA) is 117 Å². The molecule has 1 aliphatic rings. The standard InChI is InChI=1S/C31H35N3O7/c1-21-19-32(29(38)34(25(21)35)26(36)23-15-9-6-10-16-23)18-12-11-17-24-27(37)41-28(31(2,3)4)33(24)30(39)40-20-22-13-7-5-8-14-22/h5-10,13-16,19,24,28H,11-12,17-18,20H2,1-4H3/t24-,28-/m0/s1. The maximum Gasteiger partial charge on any atom is 0.413 e. The van der Waals surface area contributed by atoms with Crippen LogP contribution in [0.15, 0.2) is 76.4 Å². The fraction of sp³-hybridized carbons (Fsp3) is 0.387. The number of cyclic esters (lactones) is 1. The number of nitrogens with zero attached hydrogens (tertiary/aromatic N) is 3. The van der Waals surface area contributed by atoms with Crippen molar-refractivity contribution in [1.29, 1.82) is 0 Å². The zero-order chi connectivity index (χ0) is 29.7. The molecule has 1 aliphatic heterocycles. The Balaban J connectivity index is 1.45. The van der Waals surface area contributed by atoms with Crippen molar-refractivity contribution < 1.29 is 23.9 Å². The molecular formula is C31H35N3O7. The fourth-order valence-corrected chi connectivity index (χ4v) is 4.79. The van der Waals surface area contributed by atoms with Crippen molar-refractivity contribution >= 4 is 18.0 Å². The van der Waals surface area contributed by atoms with Gasteiger partial charge in [-0.15, -0.1) is 0 Å². The number of aryl methyl sites for hydroxylation is 2. The van der Waals surface area contributed by atoms with Gasteiger partial charge in [-0.1, -0.05) is 69.3 Å². The van der Waals surface area contributed by atoms with Crippen molar-refractivity contribution in [2.45, 2.75) is 72.4 Å². The summed E-state index contributed by atoms with van der Waals surface area (Å²) in [5, 5.41) is 0. The van der Waals surface area contributed by atoms with E-state index in [2.05, 4.69) is 0 Å². The number of carbonyl (C=O) groups is 3. The molecule has 0 saturated carbocycles. The summed E-state index contributed by atoms with van der Waals surface area (Å²) >= 11 is 0. The van der Waals surface area contributed by atoms with Crippen LogP contribution in [0.3, 0.4) is 0 Å². The minimum absolute atomic E-state index is 0.0631. The largest absolute Gasteiger partial charge is 0.444 e. The van der Waals surface area contributed by atoms with E-state index in [0.29, 0.717) is 23.8 Å². The van der Waals surface area contributed by atoms with Gasteiger partial charge in [-0.3, -0.25) is 19.1 Å². The van der Waals surface area contributed by atoms with Gasteiger partial charge in [0.05, 0.1) is 0 Å². The van der Waals surface area contributed by atoms with E-state index in [1.165, 1.54) is 15.7 Å². The minimum Gasteiger partial charge on any atom is -0.444 e. The Morgan fingerprint density at radius 3 is 2.20 bits per heavy atom. The fourth-order valence-electron chi connectivity index (χ4n) is 4.79. The second-order valence-electron chi connectivity index (χ2n) is 11.2. The Hall–Kier alpha value is -4.47. The zero-order valence-corrected chi connectivity index (χ0v) is 23.7. The van der Waals surface area contributed by atoms with E-state index in [9.17, 15) is 24.0 Å². The number of rotatable bonds is 8. The van der Waals surface area contributed by atoms with Crippen molar-refractivity contribution in [1.82, 2.24) is 14.0 Å². The number of unbranched alkanes of at least 4 members (excludes halogenated alkanes) is 1. The average Bonchev–Trinajstić information content (AvgIpc) is 3.30. The first-order valence-corrected chi connectivity index (χ1v) is 13.6. The molecule has 2 atom stereocenters. The van der Waals surface area contributed by atoms with Gasteiger partial charge >= 0.3 is 17.8 Å². The van der Waals surface area contributed by atoms with E-state index in [1.807, 2.05) is 51.1 Å². The van der Waals surface area contributed by atoms with Gasteiger partial charge < -0.3 is 9.47 Å². The molecule has 0 spiro atoms. The highest BCUT2D eigenvalue weighted by atomic mass is 16.6. The van der Waals surface area contributed by atoms with Gasteiger partial charge in [-0.2, -0.15) is 4.57 Å². The molecule has 2 heterocycles. The van der Waals surface area contributed by atoms with Gasteiger partial charge in [-0.05, 0) is 43.9 Å². The summed E-state index contributed by atoms with van der Waals surface area (Å²) in [5.41, 5.74) is -0.617. The number of amides is 1. The van der Waals surface area contributed by atoms with E-state index in [4.69, 9.17) is 9.47 Å². The summed E-state index contributed by atoms with van der Waals surface area (Å²) in [6, 6.07) is 16.6. The van der Waals surface area contributed by atoms with Crippen LogP contribution in [0.25, 0.3) is 0 Å². The normalized spacial score (nSPS) is 16.9. The molecule has 1 saturated heterocycles. The van der Waals surface area contributed by atoms with Crippen LogP contribution in [-0.2, 0) is 27.4 Å². The van der Waals surface area contributed by atoms with Crippen molar-refractivity contribution in [3.63, 3.8) is 0 Å². The van der Waals surface area contributed by atoms with Crippen LogP contribution in [-0.4, -0.2) is 44.3 Å². The lowest BCUT2D eigenvalue weighted by atomic mass is 9.93. The highest BCUT2D eigenvalue weighted by Crippen LogP contribution is 2.34. The number of hydrogen-bond acceptors (Lipinski definition) is 7. The maximum absolute atomic E-state index is 13.2. The molecule has 4 rings (SSSR count). The molecule has 10 nitrogen and oxygen atoms in total. The summed E-state index contributed by atoms with van der Waals surface area (Å²) in [5.74, 6) is -1.19. The number of benzene rings is 2. The molecule has 0 radical (unpaired) electrons. The predicted octanol–water partition coefficient (Wildman–Crippen LogP) is 4.11. The molecule has 216 valence electrons. The molecule has 0 aliphatic carbocycles. The second kappa shape index (κ2) is 12.4. The minimum atomic E-state index is -0.838. The Kier molecular flexibility index (Phi) is 8.90. The number of carbonyl (C=O) groups excluding carboxylic acids is 3. The Bertz CT molecular complexity index is 1520. The Morgan fingerprint density at radius 1 is 0.927 bits per heavy atom. The summed E-state index contributed by atoms with van der Waals surface area (Å²) in [4.78, 5) is 66.1. The summed E-state index contributed by atoms with van der Waals surface area (Å²) < 4.78 is 13.2. The smallest absolute Gasteiger partial charge is 0.413 e. The van der Waals surface area contributed by atoms with Crippen LogP contribution >= 0.6 is 0 Å². The first-order valence-electron chi connectivity index (χ1n) is 13.6. The summed E-state index contributed by atoms with van der Waals surface area (Å²) in [6.45, 7) is 7.47. The monoisotopic (exact) mass is 561 g/mol. The molecule has 1 fully saturated rings. The second-order valence-corrected chi connectivity index (χ2v) is 11.2. The van der Waals surface area contributed by atoms with E-state index in [-0.39, 0.29) is 24.3 Å². The van der Waals surface area contributed by atoms with Crippen LogP contribution in [0, 0.1) is 12.3 Å². The third kappa shape index (κ3) is 6.65. The van der Waals surface area contributed by atoms with Gasteiger partial charge in [0.1, 0.15) is 12.6 Å². The lowest BCUT2D eigenvalue weighted by Gasteiger charge is -2.33. The van der Waals surface area contributed by atoms with E-state index >= 15 is 0 Å². The molecular weight excluding hydrogens is 526 g/mol. The molecule has 2 aromatic carbocycles. The Labute approximate surface area is 238 Å². The molecule has 0 bridgehead atoms. The van der Waals surface area contributed by atoms with Gasteiger partial charge in [0.25, 0.3) is 11.5 Å². The van der Waals surface area contributed by atoms with Crippen LogP contribution in [0.4, 0.5) is 4.79 Å². The van der Waals surface area contributed by atoms with Gasteiger partial charge in [0.2, 0.25) is 0 Å². The SMILES string of the molecule is Cc1cn(CCCC[C@H]2C(=O)O[C@@H](C(C)(C)C)N2C(=O)OCc2ccccc2)c(=O)n(C(=O)c2ccccc2)c1=O. The van der Waals surface area contributed by atoms with E-state index in [1.54, 1.807) is 37.3 Å². The van der Waals surface area contributed by atoms with Gasteiger partial charge in [-0.25, -0.2) is 14.4 Å². The highest BCUT2D eigenvalue weighted by Gasteiger charge is 2.50. The number of ether oxygens (including phenoxy) is 2. The molecule has 41 heavy (non-hydrogen) atoms. The van der Waals surface area contributed by atoms with Crippen LogP contribution < -0.4 is 11.2 Å². The van der Waals surface area contributed by atoms with Crippen LogP contribution in [0.1, 0.15) is 61.5 Å². The molecule has 3 aromatic rings. The number of aromatic nitrogens is 2. The maximum atomic E-state index is 13.2. The summed E-state index contributed by atoms with van der Waals surface area (Å²) in [7, 11) is 0. The van der Waals surface area contributed by atoms with Gasteiger partial charge in [0, 0.05) is 29.3 Å². The van der Waals surface area contributed by atoms with Crippen molar-refractivity contribution in [2.24, 2.45) is 5.41 Å². The average molecular weight is 562 g/mol. The molecule has 1 aromatic heterocycles. The Morgan fingerprint density at radius 2 is 1.56 bits per heavy atom. The zero-order valence-electron chi connectivity index (χ0n) is 23.7. The van der Waals surface area contributed by atoms with E-state index < -0.39 is 46.9 Å². The number of esters is 1. The lowest BCUT2D eigenvalue weighted by molar-refractivity contribution is -0.147. The summed E-state index contributed by atoms with van der Waals surface area (Å²) in [6.07, 6.45) is 1.22. The first kappa shape index (κ1) is 29.5. The van der Waals surface area contributed by atoms with Crippen molar-refractivity contribution in [3.8, 4) is 0 Å². The van der Waals surface area contributed by atoms with Crippen molar-refractivity contribution in [2.75, 3.05) is 0 Å². The van der Waals surface area contributed by atoms with Crippen LogP contribution in [0.2, 0.25) is 0 Å². The third-order valence-electron chi connectivity index (χ3n) is 6.92. The number of hydrogen-bond donors (Lipinski definition) is 0. The van der Waals surface area contributed by atoms with Gasteiger partial charge in [0.15, 0.2) is 6.23 Å². The predicted molar refractivity (Wildman–Crippen MR) is 151 cm³/mol. The van der Waals surface area contributed by atoms with Crippen molar-refractivity contribution in [3.05, 3.63) is 104 Å². The molecule has 0 N–H and O–H groups in total. The first-order chi connectivity index (χ1) is 19.5. The molecule has 0 unspecified atom stereocenters. The molecule has 10 heteroatoms. The lowest BCUT2D eigenvalue weighted by Crippen LogP contribution is -2.48. The highest BCUT2D eigenvalue weighted by molar-refractivity contribution is 5.95. The molecule has 1 amide bonds.